The second-order valence-electron chi connectivity index (χ2n) is 3.64. The number of benzene rings is 1. The van der Waals surface area contributed by atoms with Crippen LogP contribution in [0.15, 0.2) is 18.2 Å². The molecular weight excluding hydrogens is 254 g/mol. The number of hydrogen-bond donors (Lipinski definition) is 3. The number of carbonyl (C=O) groups excluding carboxylic acids is 1. The van der Waals surface area contributed by atoms with E-state index in [1.807, 2.05) is 0 Å². The smallest absolute Gasteiger partial charge is 0.342 e. The maximum absolute atomic E-state index is 11.0. The van der Waals surface area contributed by atoms with Gasteiger partial charge in [0.05, 0.1) is 4.92 Å². The van der Waals surface area contributed by atoms with E-state index in [0.717, 1.165) is 12.1 Å². The number of nitrogens with one attached hydrogen (secondary N) is 2. The lowest BCUT2D eigenvalue weighted by Gasteiger charge is -2.06. The molecular formula is C11H13N3O5. The second-order valence-corrected chi connectivity index (χ2v) is 3.64. The number of carboxylic acids is 1. The first-order valence-corrected chi connectivity index (χ1v) is 5.42. The number of carboxylic acid groups (broad SMARTS) is 1. The minimum absolute atomic E-state index is 0.163. The molecule has 0 saturated heterocycles. The standard InChI is InChI=1S/C11H13N3O5/c1-12-10(15)4-5-13-7-2-3-8(11(16)17)9(6-7)14(18)19/h2-3,6,13H,4-5H2,1H3,(H,12,15)(H,16,17). The summed E-state index contributed by atoms with van der Waals surface area (Å²) in [6.07, 6.45) is 0.213. The monoisotopic (exact) mass is 267 g/mol. The van der Waals surface area contributed by atoms with E-state index in [-0.39, 0.29) is 17.9 Å². The normalized spacial score (nSPS) is 9.74. The SMILES string of the molecule is CNC(=O)CCNc1ccc(C(=O)O)c([N+](=O)[O-])c1. The molecule has 0 saturated carbocycles. The van der Waals surface area contributed by atoms with E-state index in [1.165, 1.54) is 13.1 Å². The van der Waals surface area contributed by atoms with Gasteiger partial charge in [0.25, 0.3) is 5.69 Å². The van der Waals surface area contributed by atoms with Gasteiger partial charge in [-0.15, -0.1) is 0 Å². The van der Waals surface area contributed by atoms with Crippen LogP contribution in [0.4, 0.5) is 11.4 Å². The first-order chi connectivity index (χ1) is 8.95. The van der Waals surface area contributed by atoms with Gasteiger partial charge in [-0.25, -0.2) is 4.79 Å². The van der Waals surface area contributed by atoms with Crippen LogP contribution >= 0.6 is 0 Å². The van der Waals surface area contributed by atoms with E-state index < -0.39 is 16.6 Å². The first kappa shape index (κ1) is 14.4. The molecule has 8 nitrogen and oxygen atoms in total. The van der Waals surface area contributed by atoms with Crippen LogP contribution in [0.5, 0.6) is 0 Å². The Morgan fingerprint density at radius 3 is 2.63 bits per heavy atom. The molecule has 0 fully saturated rings. The average Bonchev–Trinajstić information content (AvgIpc) is 2.38. The molecule has 0 atom stereocenters. The van der Waals surface area contributed by atoms with Crippen molar-refractivity contribution in [2.75, 3.05) is 18.9 Å². The van der Waals surface area contributed by atoms with E-state index in [2.05, 4.69) is 10.6 Å². The molecule has 3 N–H and O–H groups in total. The number of rotatable bonds is 6. The van der Waals surface area contributed by atoms with Crippen molar-refractivity contribution < 1.29 is 19.6 Å². The maximum atomic E-state index is 11.0. The molecule has 1 aromatic rings. The topological polar surface area (TPSA) is 122 Å². The van der Waals surface area contributed by atoms with Gasteiger partial charge in [-0.3, -0.25) is 14.9 Å². The Hall–Kier alpha value is -2.64. The molecule has 1 amide bonds. The lowest BCUT2D eigenvalue weighted by molar-refractivity contribution is -0.385. The molecule has 0 spiro atoms. The Morgan fingerprint density at radius 1 is 1.42 bits per heavy atom. The van der Waals surface area contributed by atoms with Crippen LogP contribution in [0.25, 0.3) is 0 Å². The molecule has 1 aromatic carbocycles. The van der Waals surface area contributed by atoms with Crippen LogP contribution in [-0.4, -0.2) is 35.5 Å². The van der Waals surface area contributed by atoms with Gasteiger partial charge in [0.1, 0.15) is 5.56 Å². The predicted octanol–water partition coefficient (Wildman–Crippen LogP) is 0.841. The highest BCUT2D eigenvalue weighted by atomic mass is 16.6. The minimum atomic E-state index is -1.36. The molecule has 19 heavy (non-hydrogen) atoms. The highest BCUT2D eigenvalue weighted by Crippen LogP contribution is 2.23. The second kappa shape index (κ2) is 6.34. The van der Waals surface area contributed by atoms with Crippen molar-refractivity contribution in [1.29, 1.82) is 0 Å². The Kier molecular flexibility index (Phi) is 4.81. The summed E-state index contributed by atoms with van der Waals surface area (Å²) in [6.45, 7) is 0.295. The molecule has 8 heteroatoms. The van der Waals surface area contributed by atoms with Gasteiger partial charge >= 0.3 is 5.97 Å². The Bertz CT molecular complexity index is 515. The van der Waals surface area contributed by atoms with Crippen LogP contribution < -0.4 is 10.6 Å². The van der Waals surface area contributed by atoms with E-state index in [4.69, 9.17) is 5.11 Å². The summed E-state index contributed by atoms with van der Waals surface area (Å²) in [5.74, 6) is -1.52. The molecule has 0 radical (unpaired) electrons. The first-order valence-electron chi connectivity index (χ1n) is 5.42. The van der Waals surface area contributed by atoms with Crippen molar-refractivity contribution in [3.8, 4) is 0 Å². The van der Waals surface area contributed by atoms with Gasteiger partial charge < -0.3 is 15.7 Å². The molecule has 0 heterocycles. The zero-order valence-corrected chi connectivity index (χ0v) is 10.2. The lowest BCUT2D eigenvalue weighted by atomic mass is 10.1. The van der Waals surface area contributed by atoms with E-state index in [9.17, 15) is 19.7 Å². The van der Waals surface area contributed by atoms with Crippen LogP contribution in [0.3, 0.4) is 0 Å². The number of anilines is 1. The van der Waals surface area contributed by atoms with Crippen molar-refractivity contribution in [1.82, 2.24) is 5.32 Å². The van der Waals surface area contributed by atoms with Crippen molar-refractivity contribution in [3.63, 3.8) is 0 Å². The lowest BCUT2D eigenvalue weighted by Crippen LogP contribution is -2.20. The van der Waals surface area contributed by atoms with E-state index in [0.29, 0.717) is 12.2 Å². The summed E-state index contributed by atoms with van der Waals surface area (Å²) in [7, 11) is 1.51. The summed E-state index contributed by atoms with van der Waals surface area (Å²) in [6, 6.07) is 3.70. The molecule has 0 aliphatic carbocycles. The van der Waals surface area contributed by atoms with Gasteiger partial charge in [-0.1, -0.05) is 0 Å². The van der Waals surface area contributed by atoms with Crippen molar-refractivity contribution >= 4 is 23.3 Å². The number of nitrogens with zero attached hydrogens (tertiary/aromatic N) is 1. The van der Waals surface area contributed by atoms with E-state index in [1.54, 1.807) is 0 Å². The van der Waals surface area contributed by atoms with Crippen LogP contribution in [0, 0.1) is 10.1 Å². The number of carbonyl (C=O) groups is 2. The van der Waals surface area contributed by atoms with Crippen LogP contribution in [-0.2, 0) is 4.79 Å². The summed E-state index contributed by atoms with van der Waals surface area (Å²) in [5.41, 5.74) is -0.472. The molecule has 0 aliphatic rings. The van der Waals surface area contributed by atoms with Crippen LogP contribution in [0.2, 0.25) is 0 Å². The Balaban J connectivity index is 2.81. The molecule has 0 aliphatic heterocycles. The molecule has 102 valence electrons. The molecule has 0 aromatic heterocycles. The highest BCUT2D eigenvalue weighted by Gasteiger charge is 2.19. The minimum Gasteiger partial charge on any atom is -0.477 e. The Morgan fingerprint density at radius 2 is 2.11 bits per heavy atom. The molecule has 0 bridgehead atoms. The number of hydrogen-bond acceptors (Lipinski definition) is 5. The fraction of sp³-hybridized carbons (Fsp3) is 0.273. The number of aromatic carboxylic acids is 1. The zero-order valence-electron chi connectivity index (χ0n) is 10.2. The third-order valence-corrected chi connectivity index (χ3v) is 2.38. The zero-order chi connectivity index (χ0) is 14.4. The predicted molar refractivity (Wildman–Crippen MR) is 67.2 cm³/mol. The quantitative estimate of drug-likeness (QED) is 0.518. The van der Waals surface area contributed by atoms with Gasteiger partial charge in [-0.05, 0) is 12.1 Å². The summed E-state index contributed by atoms with van der Waals surface area (Å²) >= 11 is 0. The largest absolute Gasteiger partial charge is 0.477 e. The highest BCUT2D eigenvalue weighted by molar-refractivity contribution is 5.93. The molecule has 0 unspecified atom stereocenters. The third-order valence-electron chi connectivity index (χ3n) is 2.38. The van der Waals surface area contributed by atoms with Crippen molar-refractivity contribution in [2.24, 2.45) is 0 Å². The number of nitro groups is 1. The number of nitro benzene ring substituents is 1. The average molecular weight is 267 g/mol. The summed E-state index contributed by atoms with van der Waals surface area (Å²) in [5, 5.41) is 24.8. The fourth-order valence-corrected chi connectivity index (χ4v) is 1.42. The third kappa shape index (κ3) is 3.95. The van der Waals surface area contributed by atoms with Crippen LogP contribution in [0.1, 0.15) is 16.8 Å². The van der Waals surface area contributed by atoms with Gasteiger partial charge in [-0.2, -0.15) is 0 Å². The fourth-order valence-electron chi connectivity index (χ4n) is 1.42. The van der Waals surface area contributed by atoms with E-state index >= 15 is 0 Å². The van der Waals surface area contributed by atoms with Gasteiger partial charge in [0, 0.05) is 31.8 Å². The van der Waals surface area contributed by atoms with Crippen molar-refractivity contribution in [3.05, 3.63) is 33.9 Å². The van der Waals surface area contributed by atoms with Gasteiger partial charge in [0.15, 0.2) is 0 Å². The number of amides is 1. The Labute approximate surface area is 108 Å². The van der Waals surface area contributed by atoms with Crippen molar-refractivity contribution in [2.45, 2.75) is 6.42 Å². The van der Waals surface area contributed by atoms with Gasteiger partial charge in [0.2, 0.25) is 5.91 Å². The molecule has 1 rings (SSSR count). The maximum Gasteiger partial charge on any atom is 0.342 e. The summed E-state index contributed by atoms with van der Waals surface area (Å²) in [4.78, 5) is 31.8. The summed E-state index contributed by atoms with van der Waals surface area (Å²) < 4.78 is 0.